The number of ether oxygens (including phenoxy) is 1. The van der Waals surface area contributed by atoms with E-state index in [0.717, 1.165) is 37.2 Å². The summed E-state index contributed by atoms with van der Waals surface area (Å²) in [6.07, 6.45) is 2.29. The maximum Gasteiger partial charge on any atom is 0.123 e. The third-order valence-electron chi connectivity index (χ3n) is 2.90. The molecule has 0 spiro atoms. The molecule has 1 aromatic rings. The summed E-state index contributed by atoms with van der Waals surface area (Å²) in [5, 5.41) is 3.13. The molecule has 0 aromatic heterocycles. The van der Waals surface area contributed by atoms with Crippen LogP contribution in [0.1, 0.15) is 18.4 Å². The maximum atomic E-state index is 13.2. The number of benzene rings is 1. The van der Waals surface area contributed by atoms with Gasteiger partial charge in [0.15, 0.2) is 0 Å². The zero-order chi connectivity index (χ0) is 13.4. The summed E-state index contributed by atoms with van der Waals surface area (Å²) in [6, 6.07) is 4.65. The Morgan fingerprint density at radius 2 is 2.11 bits per heavy atom. The fraction of sp³-hybridized carbons (Fsp3) is 0.571. The van der Waals surface area contributed by atoms with E-state index in [-0.39, 0.29) is 5.82 Å². The average Bonchev–Trinajstić information content (AvgIpc) is 2.35. The summed E-state index contributed by atoms with van der Waals surface area (Å²) in [7, 11) is 5.62. The van der Waals surface area contributed by atoms with E-state index in [2.05, 4.69) is 10.2 Å². The van der Waals surface area contributed by atoms with E-state index in [4.69, 9.17) is 4.74 Å². The van der Waals surface area contributed by atoms with Gasteiger partial charge >= 0.3 is 0 Å². The minimum Gasteiger partial charge on any atom is -0.496 e. The molecule has 0 radical (unpaired) electrons. The summed E-state index contributed by atoms with van der Waals surface area (Å²) < 4.78 is 18.4. The Hall–Kier alpha value is -1.13. The lowest BCUT2D eigenvalue weighted by Gasteiger charge is -2.18. The number of hydrogen-bond donors (Lipinski definition) is 1. The van der Waals surface area contributed by atoms with E-state index in [1.807, 2.05) is 14.1 Å². The molecular formula is C14H23FN2O. The van der Waals surface area contributed by atoms with Crippen molar-refractivity contribution >= 4 is 0 Å². The molecule has 0 aliphatic heterocycles. The predicted molar refractivity (Wildman–Crippen MR) is 72.4 cm³/mol. The second kappa shape index (κ2) is 8.06. The van der Waals surface area contributed by atoms with Gasteiger partial charge in [0.2, 0.25) is 0 Å². The van der Waals surface area contributed by atoms with Crippen LogP contribution < -0.4 is 10.1 Å². The Balaban J connectivity index is 2.47. The van der Waals surface area contributed by atoms with Crippen molar-refractivity contribution in [1.82, 2.24) is 10.2 Å². The van der Waals surface area contributed by atoms with Gasteiger partial charge in [-0.25, -0.2) is 4.39 Å². The van der Waals surface area contributed by atoms with Crippen LogP contribution in [0.5, 0.6) is 5.75 Å². The van der Waals surface area contributed by atoms with Crippen LogP contribution in [0.3, 0.4) is 0 Å². The van der Waals surface area contributed by atoms with Crippen molar-refractivity contribution < 1.29 is 9.13 Å². The van der Waals surface area contributed by atoms with Gasteiger partial charge in [-0.3, -0.25) is 0 Å². The lowest BCUT2D eigenvalue weighted by atomic mass is 10.1. The van der Waals surface area contributed by atoms with Crippen molar-refractivity contribution in [1.29, 1.82) is 0 Å². The van der Waals surface area contributed by atoms with Gasteiger partial charge in [0, 0.05) is 12.1 Å². The molecule has 0 saturated heterocycles. The minimum atomic E-state index is -0.214. The van der Waals surface area contributed by atoms with Gasteiger partial charge in [-0.1, -0.05) is 0 Å². The van der Waals surface area contributed by atoms with Crippen LogP contribution in [-0.2, 0) is 6.54 Å². The smallest absolute Gasteiger partial charge is 0.123 e. The van der Waals surface area contributed by atoms with Gasteiger partial charge in [-0.2, -0.15) is 0 Å². The molecule has 0 aliphatic rings. The fourth-order valence-corrected chi connectivity index (χ4v) is 1.92. The van der Waals surface area contributed by atoms with Crippen molar-refractivity contribution in [3.05, 3.63) is 29.6 Å². The number of methoxy groups -OCH3 is 1. The van der Waals surface area contributed by atoms with Gasteiger partial charge in [0.25, 0.3) is 0 Å². The Bertz CT molecular complexity index is 358. The number of hydrogen-bond acceptors (Lipinski definition) is 3. The molecule has 1 rings (SSSR count). The standard InChI is InChI=1S/C14H23FN2O/c1-16-8-4-5-9-17(2)11-12-10-13(15)6-7-14(12)18-3/h6-7,10,16H,4-5,8-9,11H2,1-3H3. The van der Waals surface area contributed by atoms with Crippen LogP contribution in [0.15, 0.2) is 18.2 Å². The quantitative estimate of drug-likeness (QED) is 0.720. The highest BCUT2D eigenvalue weighted by Crippen LogP contribution is 2.20. The number of nitrogens with one attached hydrogen (secondary N) is 1. The molecule has 102 valence electrons. The van der Waals surface area contributed by atoms with Crippen LogP contribution in [0.4, 0.5) is 4.39 Å². The largest absolute Gasteiger partial charge is 0.496 e. The zero-order valence-electron chi connectivity index (χ0n) is 11.5. The van der Waals surface area contributed by atoms with Crippen LogP contribution >= 0.6 is 0 Å². The van der Waals surface area contributed by atoms with Crippen molar-refractivity contribution in [3.8, 4) is 5.75 Å². The Kier molecular flexibility index (Phi) is 6.68. The van der Waals surface area contributed by atoms with Crippen LogP contribution in [0.2, 0.25) is 0 Å². The summed E-state index contributed by atoms with van der Waals surface area (Å²) in [5.41, 5.74) is 0.897. The molecule has 0 amide bonds. The van der Waals surface area contributed by atoms with Crippen molar-refractivity contribution in [2.75, 3.05) is 34.3 Å². The molecule has 0 bridgehead atoms. The highest BCUT2D eigenvalue weighted by molar-refractivity contribution is 5.33. The van der Waals surface area contributed by atoms with E-state index in [1.54, 1.807) is 19.2 Å². The molecule has 0 fully saturated rings. The van der Waals surface area contributed by atoms with Crippen molar-refractivity contribution in [3.63, 3.8) is 0 Å². The monoisotopic (exact) mass is 254 g/mol. The summed E-state index contributed by atoms with van der Waals surface area (Å²) in [6.45, 7) is 2.75. The van der Waals surface area contributed by atoms with Crippen molar-refractivity contribution in [2.45, 2.75) is 19.4 Å². The third kappa shape index (κ3) is 5.02. The van der Waals surface area contributed by atoms with E-state index in [9.17, 15) is 4.39 Å². The second-order valence-corrected chi connectivity index (χ2v) is 4.50. The molecule has 3 nitrogen and oxygen atoms in total. The number of rotatable bonds is 8. The van der Waals surface area contributed by atoms with Crippen LogP contribution in [0.25, 0.3) is 0 Å². The molecule has 1 N–H and O–H groups in total. The first kappa shape index (κ1) is 14.9. The van der Waals surface area contributed by atoms with Gasteiger partial charge in [-0.05, 0) is 58.2 Å². The summed E-state index contributed by atoms with van der Waals surface area (Å²) >= 11 is 0. The minimum absolute atomic E-state index is 0.214. The summed E-state index contributed by atoms with van der Waals surface area (Å²) in [5.74, 6) is 0.535. The number of halogens is 1. The molecule has 18 heavy (non-hydrogen) atoms. The van der Waals surface area contributed by atoms with E-state index >= 15 is 0 Å². The first-order valence-electron chi connectivity index (χ1n) is 6.33. The molecule has 0 heterocycles. The molecule has 4 heteroatoms. The Morgan fingerprint density at radius 3 is 2.78 bits per heavy atom. The Labute approximate surface area is 109 Å². The molecule has 0 unspecified atom stereocenters. The predicted octanol–water partition coefficient (Wildman–Crippen LogP) is 2.27. The lowest BCUT2D eigenvalue weighted by molar-refractivity contribution is 0.309. The van der Waals surface area contributed by atoms with Gasteiger partial charge in [0.05, 0.1) is 7.11 Å². The SMILES string of the molecule is CNCCCCN(C)Cc1cc(F)ccc1OC. The second-order valence-electron chi connectivity index (χ2n) is 4.50. The molecule has 1 aromatic carbocycles. The fourth-order valence-electron chi connectivity index (χ4n) is 1.92. The average molecular weight is 254 g/mol. The van der Waals surface area contributed by atoms with Crippen LogP contribution in [0, 0.1) is 5.82 Å². The normalized spacial score (nSPS) is 10.9. The Morgan fingerprint density at radius 1 is 1.33 bits per heavy atom. The molecule has 0 atom stereocenters. The highest BCUT2D eigenvalue weighted by atomic mass is 19.1. The number of nitrogens with zero attached hydrogens (tertiary/aromatic N) is 1. The lowest BCUT2D eigenvalue weighted by Crippen LogP contribution is -2.20. The van der Waals surface area contributed by atoms with Crippen LogP contribution in [-0.4, -0.2) is 39.2 Å². The highest BCUT2D eigenvalue weighted by Gasteiger charge is 2.07. The summed E-state index contributed by atoms with van der Waals surface area (Å²) in [4.78, 5) is 2.19. The van der Waals surface area contributed by atoms with E-state index < -0.39 is 0 Å². The van der Waals surface area contributed by atoms with Gasteiger partial charge in [-0.15, -0.1) is 0 Å². The molecule has 0 saturated carbocycles. The van der Waals surface area contributed by atoms with E-state index in [1.165, 1.54) is 6.07 Å². The maximum absolute atomic E-state index is 13.2. The number of unbranched alkanes of at least 4 members (excludes halogenated alkanes) is 1. The van der Waals surface area contributed by atoms with Crippen molar-refractivity contribution in [2.24, 2.45) is 0 Å². The molecular weight excluding hydrogens is 231 g/mol. The first-order chi connectivity index (χ1) is 8.67. The molecule has 0 aliphatic carbocycles. The van der Waals surface area contributed by atoms with E-state index in [0.29, 0.717) is 6.54 Å². The zero-order valence-corrected chi connectivity index (χ0v) is 11.5. The first-order valence-corrected chi connectivity index (χ1v) is 6.33. The van der Waals surface area contributed by atoms with Gasteiger partial charge < -0.3 is 15.0 Å². The van der Waals surface area contributed by atoms with Gasteiger partial charge in [0.1, 0.15) is 11.6 Å². The third-order valence-corrected chi connectivity index (χ3v) is 2.90. The topological polar surface area (TPSA) is 24.5 Å².